The first-order valence-electron chi connectivity index (χ1n) is 6.29. The van der Waals surface area contributed by atoms with Crippen LogP contribution in [0.4, 0.5) is 0 Å². The molecule has 0 unspecified atom stereocenters. The molecule has 0 saturated carbocycles. The van der Waals surface area contributed by atoms with E-state index in [0.717, 1.165) is 35.1 Å². The van der Waals surface area contributed by atoms with Gasteiger partial charge >= 0.3 is 0 Å². The van der Waals surface area contributed by atoms with Crippen LogP contribution >= 0.6 is 11.3 Å². The highest BCUT2D eigenvalue weighted by atomic mass is 32.1. The molecule has 0 fully saturated rings. The second-order valence-corrected chi connectivity index (χ2v) is 6.03. The molecule has 0 saturated heterocycles. The molecular weight excluding hydrogens is 244 g/mol. The molecule has 4 heteroatoms. The summed E-state index contributed by atoms with van der Waals surface area (Å²) in [6.45, 7) is 10.4. The van der Waals surface area contributed by atoms with Crippen LogP contribution in [0.3, 0.4) is 0 Å². The summed E-state index contributed by atoms with van der Waals surface area (Å²) >= 11 is 1.75. The van der Waals surface area contributed by atoms with E-state index in [1.807, 2.05) is 13.0 Å². The summed E-state index contributed by atoms with van der Waals surface area (Å²) in [5.74, 6) is 1.61. The van der Waals surface area contributed by atoms with Crippen LogP contribution < -0.4 is 5.32 Å². The molecule has 0 bridgehead atoms. The van der Waals surface area contributed by atoms with E-state index in [1.54, 1.807) is 17.6 Å². The highest BCUT2D eigenvalue weighted by Crippen LogP contribution is 2.30. The van der Waals surface area contributed by atoms with Crippen LogP contribution in [0, 0.1) is 19.8 Å². The van der Waals surface area contributed by atoms with Crippen LogP contribution in [0.15, 0.2) is 16.7 Å². The molecule has 0 amide bonds. The minimum absolute atomic E-state index is 0.675. The van der Waals surface area contributed by atoms with Crippen molar-refractivity contribution in [2.24, 2.45) is 5.92 Å². The number of nitrogens with one attached hydrogen (secondary N) is 1. The van der Waals surface area contributed by atoms with Crippen molar-refractivity contribution in [2.45, 2.75) is 34.2 Å². The Hall–Kier alpha value is -1.13. The Morgan fingerprint density at radius 1 is 1.39 bits per heavy atom. The van der Waals surface area contributed by atoms with Crippen molar-refractivity contribution in [3.8, 4) is 10.6 Å². The number of nitrogens with zero attached hydrogens (tertiary/aromatic N) is 1. The maximum atomic E-state index is 5.33. The third kappa shape index (κ3) is 3.00. The summed E-state index contributed by atoms with van der Waals surface area (Å²) in [4.78, 5) is 5.94. The average molecular weight is 264 g/mol. The van der Waals surface area contributed by atoms with Gasteiger partial charge in [0.15, 0.2) is 0 Å². The lowest BCUT2D eigenvalue weighted by Gasteiger charge is -2.05. The lowest BCUT2D eigenvalue weighted by molar-refractivity contribution is 0.535. The van der Waals surface area contributed by atoms with E-state index >= 15 is 0 Å². The molecule has 0 radical (unpaired) electrons. The van der Waals surface area contributed by atoms with Gasteiger partial charge in [-0.1, -0.05) is 13.8 Å². The molecule has 2 heterocycles. The normalized spacial score (nSPS) is 11.4. The summed E-state index contributed by atoms with van der Waals surface area (Å²) in [6.07, 6.45) is 1.72. The number of furan rings is 1. The van der Waals surface area contributed by atoms with Gasteiger partial charge in [-0.3, -0.25) is 0 Å². The zero-order valence-corrected chi connectivity index (χ0v) is 12.2. The van der Waals surface area contributed by atoms with E-state index in [-0.39, 0.29) is 0 Å². The molecule has 0 aliphatic heterocycles. The van der Waals surface area contributed by atoms with Crippen LogP contribution in [0.25, 0.3) is 10.6 Å². The fourth-order valence-corrected chi connectivity index (χ4v) is 2.89. The number of aromatic nitrogens is 1. The number of hydrogen-bond donors (Lipinski definition) is 1. The van der Waals surface area contributed by atoms with Gasteiger partial charge in [0.1, 0.15) is 10.8 Å². The van der Waals surface area contributed by atoms with Crippen LogP contribution in [0.2, 0.25) is 0 Å². The molecule has 2 aromatic heterocycles. The van der Waals surface area contributed by atoms with Gasteiger partial charge in [-0.05, 0) is 32.4 Å². The molecule has 0 aliphatic carbocycles. The molecule has 0 aliphatic rings. The van der Waals surface area contributed by atoms with Crippen molar-refractivity contribution in [3.05, 3.63) is 28.7 Å². The summed E-state index contributed by atoms with van der Waals surface area (Å²) < 4.78 is 5.33. The first-order chi connectivity index (χ1) is 8.58. The van der Waals surface area contributed by atoms with Gasteiger partial charge in [0.25, 0.3) is 0 Å². The molecule has 2 aromatic rings. The SMILES string of the molecule is Cc1nc(-c2ccoc2C)sc1CNCC(C)C. The Bertz CT molecular complexity index is 514. The standard InChI is InChI=1S/C14H20N2OS/c1-9(2)7-15-8-13-10(3)16-14(18-13)12-5-6-17-11(12)4/h5-6,9,15H,7-8H2,1-4H3. The molecule has 0 spiro atoms. The minimum atomic E-state index is 0.675. The number of hydrogen-bond acceptors (Lipinski definition) is 4. The Kier molecular flexibility index (Phi) is 4.19. The van der Waals surface area contributed by atoms with Crippen molar-refractivity contribution in [2.75, 3.05) is 6.54 Å². The highest BCUT2D eigenvalue weighted by molar-refractivity contribution is 7.15. The van der Waals surface area contributed by atoms with Crippen molar-refractivity contribution in [1.82, 2.24) is 10.3 Å². The fraction of sp³-hybridized carbons (Fsp3) is 0.500. The highest BCUT2D eigenvalue weighted by Gasteiger charge is 2.12. The van der Waals surface area contributed by atoms with Gasteiger partial charge in [-0.15, -0.1) is 11.3 Å². The first kappa shape index (κ1) is 13.3. The van der Waals surface area contributed by atoms with Crippen molar-refractivity contribution >= 4 is 11.3 Å². The Morgan fingerprint density at radius 2 is 2.17 bits per heavy atom. The summed E-state index contributed by atoms with van der Waals surface area (Å²) in [5.41, 5.74) is 2.23. The van der Waals surface area contributed by atoms with Gasteiger partial charge in [0, 0.05) is 11.4 Å². The lowest BCUT2D eigenvalue weighted by atomic mass is 10.2. The van der Waals surface area contributed by atoms with E-state index < -0.39 is 0 Å². The molecular formula is C14H20N2OS. The van der Waals surface area contributed by atoms with Gasteiger partial charge in [0.05, 0.1) is 17.5 Å². The van der Waals surface area contributed by atoms with E-state index in [9.17, 15) is 0 Å². The summed E-state index contributed by atoms with van der Waals surface area (Å²) in [7, 11) is 0. The molecule has 18 heavy (non-hydrogen) atoms. The van der Waals surface area contributed by atoms with E-state index in [0.29, 0.717) is 5.92 Å². The molecule has 98 valence electrons. The van der Waals surface area contributed by atoms with E-state index in [4.69, 9.17) is 4.42 Å². The lowest BCUT2D eigenvalue weighted by Crippen LogP contribution is -2.18. The van der Waals surface area contributed by atoms with Crippen molar-refractivity contribution in [3.63, 3.8) is 0 Å². The number of thiazole rings is 1. The molecule has 2 rings (SSSR count). The third-order valence-electron chi connectivity index (χ3n) is 2.82. The summed E-state index contributed by atoms with van der Waals surface area (Å²) in [6, 6.07) is 1.99. The monoisotopic (exact) mass is 264 g/mol. The van der Waals surface area contributed by atoms with Crippen LogP contribution in [0.1, 0.15) is 30.2 Å². The zero-order chi connectivity index (χ0) is 13.1. The average Bonchev–Trinajstić information content (AvgIpc) is 2.85. The predicted molar refractivity (Wildman–Crippen MR) is 75.8 cm³/mol. The van der Waals surface area contributed by atoms with Gasteiger partial charge in [0.2, 0.25) is 0 Å². The van der Waals surface area contributed by atoms with Crippen LogP contribution in [0.5, 0.6) is 0 Å². The van der Waals surface area contributed by atoms with Gasteiger partial charge in [-0.2, -0.15) is 0 Å². The Labute approximate surface area is 112 Å². The smallest absolute Gasteiger partial charge is 0.127 e. The maximum absolute atomic E-state index is 5.33. The van der Waals surface area contributed by atoms with E-state index in [2.05, 4.69) is 31.1 Å². The maximum Gasteiger partial charge on any atom is 0.127 e. The molecule has 3 nitrogen and oxygen atoms in total. The Morgan fingerprint density at radius 3 is 2.78 bits per heavy atom. The minimum Gasteiger partial charge on any atom is -0.469 e. The van der Waals surface area contributed by atoms with E-state index in [1.165, 1.54) is 4.88 Å². The summed E-state index contributed by atoms with van der Waals surface area (Å²) in [5, 5.41) is 4.52. The van der Waals surface area contributed by atoms with Crippen molar-refractivity contribution in [1.29, 1.82) is 0 Å². The van der Waals surface area contributed by atoms with Crippen LogP contribution in [-0.2, 0) is 6.54 Å². The molecule has 1 N–H and O–H groups in total. The topological polar surface area (TPSA) is 38.1 Å². The quantitative estimate of drug-likeness (QED) is 0.893. The number of rotatable bonds is 5. The first-order valence-corrected chi connectivity index (χ1v) is 7.11. The zero-order valence-electron chi connectivity index (χ0n) is 11.4. The predicted octanol–water partition coefficient (Wildman–Crippen LogP) is 3.77. The second-order valence-electron chi connectivity index (χ2n) is 4.94. The van der Waals surface area contributed by atoms with Gasteiger partial charge in [-0.25, -0.2) is 4.98 Å². The Balaban J connectivity index is 2.10. The molecule has 0 aromatic carbocycles. The number of aryl methyl sites for hydroxylation is 2. The third-order valence-corrected chi connectivity index (χ3v) is 4.01. The largest absolute Gasteiger partial charge is 0.469 e. The second kappa shape index (κ2) is 5.67. The van der Waals surface area contributed by atoms with Crippen LogP contribution in [-0.4, -0.2) is 11.5 Å². The molecule has 0 atom stereocenters. The van der Waals surface area contributed by atoms with Gasteiger partial charge < -0.3 is 9.73 Å². The fourth-order valence-electron chi connectivity index (χ4n) is 1.79. The van der Waals surface area contributed by atoms with Crippen molar-refractivity contribution < 1.29 is 4.42 Å².